The van der Waals surface area contributed by atoms with Crippen molar-refractivity contribution in [3.8, 4) is 5.75 Å². The molecular weight excluding hydrogens is 362 g/mol. The number of aliphatic hydroxyl groups is 1. The van der Waals surface area contributed by atoms with E-state index >= 15 is 0 Å². The van der Waals surface area contributed by atoms with Crippen molar-refractivity contribution in [3.05, 3.63) is 47.9 Å². The summed E-state index contributed by atoms with van der Waals surface area (Å²) in [6.07, 6.45) is 0.888. The van der Waals surface area contributed by atoms with Gasteiger partial charge in [0.1, 0.15) is 12.3 Å². The van der Waals surface area contributed by atoms with Crippen molar-refractivity contribution < 1.29 is 37.0 Å². The minimum Gasteiger partial charge on any atom is -0.486 e. The predicted octanol–water partition coefficient (Wildman–Crippen LogP) is 1.37. The highest BCUT2D eigenvalue weighted by molar-refractivity contribution is 7.92. The third kappa shape index (κ3) is 3.83. The summed E-state index contributed by atoms with van der Waals surface area (Å²) in [5, 5.41) is 16.7. The summed E-state index contributed by atoms with van der Waals surface area (Å²) in [6.45, 7) is -0.899. The molecule has 0 unspecified atom stereocenters. The molecule has 0 radical (unpaired) electrons. The molecule has 134 valence electrons. The van der Waals surface area contributed by atoms with Crippen LogP contribution in [0.2, 0.25) is 0 Å². The molecule has 2 N–H and O–H groups in total. The molecule has 0 atom stereocenters. The molecule has 0 aliphatic heterocycles. The molecule has 1 aromatic heterocycles. The predicted molar refractivity (Wildman–Crippen MR) is 80.9 cm³/mol. The Morgan fingerprint density at radius 3 is 2.68 bits per heavy atom. The SMILES string of the molecule is O=C(O)c1ccnc(S(=O)(=O)N(F)c2cccc(F)c2OCCO)c1. The molecule has 2 rings (SSSR count). The van der Waals surface area contributed by atoms with Gasteiger partial charge in [0.25, 0.3) is 0 Å². The number of carbonyl (C=O) groups is 1. The molecule has 0 amide bonds. The van der Waals surface area contributed by atoms with Gasteiger partial charge in [0.05, 0.1) is 12.2 Å². The van der Waals surface area contributed by atoms with Crippen LogP contribution >= 0.6 is 0 Å². The van der Waals surface area contributed by atoms with Gasteiger partial charge in [0.15, 0.2) is 16.6 Å². The number of para-hydroxylation sites is 1. The molecule has 11 heteroatoms. The van der Waals surface area contributed by atoms with E-state index in [1.165, 1.54) is 0 Å². The van der Waals surface area contributed by atoms with Crippen molar-refractivity contribution in [3.63, 3.8) is 0 Å². The van der Waals surface area contributed by atoms with Crippen molar-refractivity contribution in [1.82, 2.24) is 4.98 Å². The van der Waals surface area contributed by atoms with Crippen molar-refractivity contribution in [2.45, 2.75) is 5.03 Å². The van der Waals surface area contributed by atoms with Crippen LogP contribution in [0.5, 0.6) is 5.75 Å². The molecule has 0 aliphatic rings. The Labute approximate surface area is 140 Å². The van der Waals surface area contributed by atoms with Crippen molar-refractivity contribution in [2.24, 2.45) is 0 Å². The molecule has 8 nitrogen and oxygen atoms in total. The highest BCUT2D eigenvalue weighted by atomic mass is 32.2. The molecule has 0 aliphatic carbocycles. The summed E-state index contributed by atoms with van der Waals surface area (Å²) in [4.78, 5) is 14.4. The number of aromatic carboxylic acids is 1. The van der Waals surface area contributed by atoms with Gasteiger partial charge in [0, 0.05) is 6.20 Å². The first-order valence-corrected chi connectivity index (χ1v) is 8.15. The van der Waals surface area contributed by atoms with Gasteiger partial charge in [0.2, 0.25) is 0 Å². The van der Waals surface area contributed by atoms with E-state index in [4.69, 9.17) is 14.9 Å². The van der Waals surface area contributed by atoms with Crippen LogP contribution < -0.4 is 9.26 Å². The van der Waals surface area contributed by atoms with E-state index in [-0.39, 0.29) is 0 Å². The fourth-order valence-electron chi connectivity index (χ4n) is 1.82. The number of nitrogens with zero attached hydrogens (tertiary/aromatic N) is 2. The van der Waals surface area contributed by atoms with Crippen molar-refractivity contribution in [1.29, 1.82) is 0 Å². The molecule has 1 aromatic carbocycles. The molecule has 0 saturated heterocycles. The van der Waals surface area contributed by atoms with Crippen LogP contribution in [0.3, 0.4) is 0 Å². The number of rotatable bonds is 7. The second-order valence-electron chi connectivity index (χ2n) is 4.57. The second-order valence-corrected chi connectivity index (χ2v) is 6.26. The van der Waals surface area contributed by atoms with Gasteiger partial charge in [-0.1, -0.05) is 15.1 Å². The number of carboxylic acids is 1. The van der Waals surface area contributed by atoms with E-state index in [2.05, 4.69) is 4.98 Å². The monoisotopic (exact) mass is 374 g/mol. The average Bonchev–Trinajstić information content (AvgIpc) is 2.60. The minimum atomic E-state index is -4.93. The quantitative estimate of drug-likeness (QED) is 0.703. The summed E-state index contributed by atoms with van der Waals surface area (Å²) >= 11 is 0. The van der Waals surface area contributed by atoms with E-state index in [1.54, 1.807) is 0 Å². The molecule has 0 spiro atoms. The fraction of sp³-hybridized carbons (Fsp3) is 0.143. The van der Waals surface area contributed by atoms with Gasteiger partial charge in [-0.2, -0.15) is 8.42 Å². The number of hydrogen-bond acceptors (Lipinski definition) is 6. The van der Waals surface area contributed by atoms with Crippen LogP contribution in [-0.4, -0.2) is 42.8 Å². The first-order valence-electron chi connectivity index (χ1n) is 6.71. The van der Waals surface area contributed by atoms with Gasteiger partial charge in [-0.25, -0.2) is 14.2 Å². The Balaban J connectivity index is 2.49. The molecule has 0 fully saturated rings. The Kier molecular flexibility index (Phi) is 5.49. The average molecular weight is 374 g/mol. The molecule has 0 bridgehead atoms. The Bertz CT molecular complexity index is 891. The number of carboxylic acid groups (broad SMARTS) is 1. The molecular formula is C14H12F2N2O6S. The number of anilines is 1. The zero-order chi connectivity index (χ0) is 18.6. The molecule has 25 heavy (non-hydrogen) atoms. The lowest BCUT2D eigenvalue weighted by atomic mass is 10.3. The van der Waals surface area contributed by atoms with Gasteiger partial charge in [-0.05, 0) is 24.3 Å². The van der Waals surface area contributed by atoms with Crippen LogP contribution in [0.25, 0.3) is 0 Å². The van der Waals surface area contributed by atoms with E-state index in [0.717, 1.165) is 30.5 Å². The summed E-state index contributed by atoms with van der Waals surface area (Å²) in [5.41, 5.74) is -1.20. The van der Waals surface area contributed by atoms with Gasteiger partial charge < -0.3 is 14.9 Å². The van der Waals surface area contributed by atoms with Crippen LogP contribution in [0, 0.1) is 5.82 Å². The highest BCUT2D eigenvalue weighted by Gasteiger charge is 2.31. The Morgan fingerprint density at radius 2 is 2.04 bits per heavy atom. The highest BCUT2D eigenvalue weighted by Crippen LogP contribution is 2.34. The minimum absolute atomic E-state index is 0.394. The largest absolute Gasteiger partial charge is 0.486 e. The third-order valence-electron chi connectivity index (χ3n) is 2.93. The van der Waals surface area contributed by atoms with Crippen LogP contribution in [0.4, 0.5) is 14.6 Å². The molecule has 0 saturated carbocycles. The fourth-order valence-corrected chi connectivity index (χ4v) is 2.86. The standard InChI is InChI=1S/C14H12F2N2O6S/c15-10-2-1-3-11(13(10)24-7-6-19)18(16)25(22,23)12-8-9(14(20)21)4-5-17-12/h1-5,8,19H,6-7H2,(H,20,21). The summed E-state index contributed by atoms with van der Waals surface area (Å²) in [7, 11) is -4.93. The van der Waals surface area contributed by atoms with Gasteiger partial charge >= 0.3 is 16.0 Å². The molecule has 2 aromatic rings. The number of aliphatic hydroxyl groups excluding tert-OH is 1. The number of halogens is 2. The van der Waals surface area contributed by atoms with E-state index in [0.29, 0.717) is 6.07 Å². The number of ether oxygens (including phenoxy) is 1. The van der Waals surface area contributed by atoms with Crippen LogP contribution in [0.15, 0.2) is 41.6 Å². The smallest absolute Gasteiger partial charge is 0.335 e. The lowest BCUT2D eigenvalue weighted by molar-refractivity contribution is 0.0696. The molecule has 1 heterocycles. The van der Waals surface area contributed by atoms with E-state index in [1.807, 2.05) is 0 Å². The number of aromatic nitrogens is 1. The Hall–Kier alpha value is -2.79. The zero-order valence-electron chi connectivity index (χ0n) is 12.5. The summed E-state index contributed by atoms with van der Waals surface area (Å²) < 4.78 is 57.1. The van der Waals surface area contributed by atoms with Crippen molar-refractivity contribution >= 4 is 21.7 Å². The first-order chi connectivity index (χ1) is 11.8. The normalized spacial score (nSPS) is 11.2. The number of pyridine rings is 1. The van der Waals surface area contributed by atoms with E-state index in [9.17, 15) is 22.1 Å². The maximum absolute atomic E-state index is 14.5. The van der Waals surface area contributed by atoms with Gasteiger partial charge in [-0.3, -0.25) is 0 Å². The zero-order valence-corrected chi connectivity index (χ0v) is 13.3. The van der Waals surface area contributed by atoms with Crippen molar-refractivity contribution in [2.75, 3.05) is 17.7 Å². The Morgan fingerprint density at radius 1 is 1.32 bits per heavy atom. The van der Waals surface area contributed by atoms with Crippen LogP contribution in [0.1, 0.15) is 10.4 Å². The lowest BCUT2D eigenvalue weighted by Crippen LogP contribution is -2.25. The third-order valence-corrected chi connectivity index (χ3v) is 4.30. The number of sulfonamides is 1. The lowest BCUT2D eigenvalue weighted by Gasteiger charge is -2.17. The second kappa shape index (κ2) is 7.40. The maximum Gasteiger partial charge on any atom is 0.335 e. The first kappa shape index (κ1) is 18.5. The maximum atomic E-state index is 14.5. The summed E-state index contributed by atoms with van der Waals surface area (Å²) in [6, 6.07) is 4.60. The number of hydrogen-bond donors (Lipinski definition) is 2. The van der Waals surface area contributed by atoms with E-state index < -0.39 is 61.6 Å². The van der Waals surface area contributed by atoms with Crippen LogP contribution in [-0.2, 0) is 10.0 Å². The topological polar surface area (TPSA) is 117 Å². The van der Waals surface area contributed by atoms with Gasteiger partial charge in [-0.15, -0.1) is 0 Å². The number of benzene rings is 1. The summed E-state index contributed by atoms with van der Waals surface area (Å²) in [5.74, 6) is -3.20.